The van der Waals surface area contributed by atoms with Gasteiger partial charge in [-0.25, -0.2) is 0 Å². The summed E-state index contributed by atoms with van der Waals surface area (Å²) in [6.45, 7) is 0.410. The number of carbonyl (C=O) groups excluding carboxylic acids is 1. The topological polar surface area (TPSA) is 78.9 Å². The minimum atomic E-state index is -0.564. The summed E-state index contributed by atoms with van der Waals surface area (Å²) in [5.74, 6) is -0.178. The van der Waals surface area contributed by atoms with Crippen molar-refractivity contribution in [2.24, 2.45) is 5.73 Å². The summed E-state index contributed by atoms with van der Waals surface area (Å²) in [5, 5.41) is 11.5. The van der Waals surface area contributed by atoms with Gasteiger partial charge in [-0.3, -0.25) is 4.79 Å². The Kier molecular flexibility index (Phi) is 5.08. The van der Waals surface area contributed by atoms with E-state index in [4.69, 9.17) is 11.0 Å². The quantitative estimate of drug-likeness (QED) is 0.875. The number of nitrogens with zero attached hydrogens (tertiary/aromatic N) is 1. The van der Waals surface area contributed by atoms with Gasteiger partial charge < -0.3 is 11.1 Å². The van der Waals surface area contributed by atoms with E-state index < -0.39 is 6.04 Å². The van der Waals surface area contributed by atoms with Crippen LogP contribution in [0.5, 0.6) is 0 Å². The molecule has 0 radical (unpaired) electrons. The Balaban J connectivity index is 1.84. The minimum absolute atomic E-state index is 0.178. The molecule has 0 saturated carbocycles. The number of rotatable bonds is 5. The molecule has 106 valence electrons. The maximum absolute atomic E-state index is 12.0. The van der Waals surface area contributed by atoms with Crippen molar-refractivity contribution >= 4 is 5.91 Å². The Morgan fingerprint density at radius 2 is 1.76 bits per heavy atom. The molecule has 0 bridgehead atoms. The van der Waals surface area contributed by atoms with Gasteiger partial charge in [0.05, 0.1) is 17.7 Å². The van der Waals surface area contributed by atoms with Crippen LogP contribution in [0.2, 0.25) is 0 Å². The standard InChI is InChI=1S/C17H17N3O/c18-11-14-6-8-15(9-7-14)12-20-17(21)16(19)10-13-4-2-1-3-5-13/h1-9,16H,10,12,19H2,(H,20,21)/t16-/m0/s1. The number of hydrogen-bond donors (Lipinski definition) is 2. The molecule has 3 N–H and O–H groups in total. The summed E-state index contributed by atoms with van der Waals surface area (Å²) in [5.41, 5.74) is 8.49. The molecule has 0 fully saturated rings. The number of benzene rings is 2. The van der Waals surface area contributed by atoms with E-state index in [0.717, 1.165) is 11.1 Å². The van der Waals surface area contributed by atoms with E-state index in [-0.39, 0.29) is 5.91 Å². The van der Waals surface area contributed by atoms with Crippen molar-refractivity contribution in [3.63, 3.8) is 0 Å². The first-order chi connectivity index (χ1) is 10.2. The molecule has 2 rings (SSSR count). The molecule has 0 saturated heterocycles. The lowest BCUT2D eigenvalue weighted by Crippen LogP contribution is -2.41. The van der Waals surface area contributed by atoms with Crippen molar-refractivity contribution in [1.82, 2.24) is 5.32 Å². The molecule has 0 aliphatic rings. The average Bonchev–Trinajstić information content (AvgIpc) is 2.54. The van der Waals surface area contributed by atoms with Gasteiger partial charge in [0, 0.05) is 6.54 Å². The number of nitriles is 1. The largest absolute Gasteiger partial charge is 0.351 e. The van der Waals surface area contributed by atoms with E-state index >= 15 is 0 Å². The summed E-state index contributed by atoms with van der Waals surface area (Å²) in [7, 11) is 0. The Morgan fingerprint density at radius 3 is 2.38 bits per heavy atom. The highest BCUT2D eigenvalue weighted by atomic mass is 16.2. The maximum atomic E-state index is 12.0. The van der Waals surface area contributed by atoms with Crippen LogP contribution in [0.15, 0.2) is 54.6 Å². The molecule has 0 unspecified atom stereocenters. The molecule has 0 aliphatic carbocycles. The van der Waals surface area contributed by atoms with Crippen LogP contribution in [0.3, 0.4) is 0 Å². The third-order valence-electron chi connectivity index (χ3n) is 3.18. The van der Waals surface area contributed by atoms with Gasteiger partial charge >= 0.3 is 0 Å². The highest BCUT2D eigenvalue weighted by Crippen LogP contribution is 2.04. The van der Waals surface area contributed by atoms with Crippen molar-refractivity contribution in [3.05, 3.63) is 71.3 Å². The van der Waals surface area contributed by atoms with Crippen molar-refractivity contribution in [2.45, 2.75) is 19.0 Å². The zero-order chi connectivity index (χ0) is 15.1. The first kappa shape index (κ1) is 14.8. The Bertz CT molecular complexity index is 629. The second-order valence-corrected chi connectivity index (χ2v) is 4.82. The number of hydrogen-bond acceptors (Lipinski definition) is 3. The fourth-order valence-corrected chi connectivity index (χ4v) is 1.98. The van der Waals surface area contributed by atoms with Crippen LogP contribution in [-0.2, 0) is 17.8 Å². The second-order valence-electron chi connectivity index (χ2n) is 4.82. The summed E-state index contributed by atoms with van der Waals surface area (Å²) in [4.78, 5) is 12.0. The smallest absolute Gasteiger partial charge is 0.237 e. The predicted octanol–water partition coefficient (Wildman–Crippen LogP) is 1.74. The molecular formula is C17H17N3O. The average molecular weight is 279 g/mol. The molecule has 21 heavy (non-hydrogen) atoms. The van der Waals surface area contributed by atoms with Gasteiger partial charge in [-0.1, -0.05) is 42.5 Å². The number of nitrogens with one attached hydrogen (secondary N) is 1. The first-order valence-corrected chi connectivity index (χ1v) is 6.75. The lowest BCUT2D eigenvalue weighted by atomic mass is 10.1. The molecule has 0 aromatic heterocycles. The summed E-state index contributed by atoms with van der Waals surface area (Å²) in [6, 6.07) is 18.3. The molecule has 4 nitrogen and oxygen atoms in total. The van der Waals surface area contributed by atoms with Crippen LogP contribution >= 0.6 is 0 Å². The molecule has 1 atom stereocenters. The first-order valence-electron chi connectivity index (χ1n) is 6.75. The van der Waals surface area contributed by atoms with Gasteiger partial charge in [0.15, 0.2) is 0 Å². The fourth-order valence-electron chi connectivity index (χ4n) is 1.98. The fraction of sp³-hybridized carbons (Fsp3) is 0.176. The van der Waals surface area contributed by atoms with Crippen LogP contribution in [0.25, 0.3) is 0 Å². The van der Waals surface area contributed by atoms with Crippen molar-refractivity contribution < 1.29 is 4.79 Å². The van der Waals surface area contributed by atoms with Gasteiger partial charge in [-0.2, -0.15) is 5.26 Å². The number of carbonyl (C=O) groups is 1. The van der Waals surface area contributed by atoms with Crippen molar-refractivity contribution in [2.75, 3.05) is 0 Å². The zero-order valence-corrected chi connectivity index (χ0v) is 11.6. The van der Waals surface area contributed by atoms with Crippen molar-refractivity contribution in [1.29, 1.82) is 5.26 Å². The van der Waals surface area contributed by atoms with E-state index in [0.29, 0.717) is 18.5 Å². The van der Waals surface area contributed by atoms with Crippen LogP contribution in [-0.4, -0.2) is 11.9 Å². The van der Waals surface area contributed by atoms with E-state index in [1.807, 2.05) is 42.5 Å². The van der Waals surface area contributed by atoms with Crippen LogP contribution < -0.4 is 11.1 Å². The zero-order valence-electron chi connectivity index (χ0n) is 11.6. The Morgan fingerprint density at radius 1 is 1.10 bits per heavy atom. The third kappa shape index (κ3) is 4.44. The van der Waals surface area contributed by atoms with E-state index in [1.54, 1.807) is 12.1 Å². The lowest BCUT2D eigenvalue weighted by Gasteiger charge is -2.12. The number of nitrogens with two attached hydrogens (primary N) is 1. The molecule has 4 heteroatoms. The van der Waals surface area contributed by atoms with Gasteiger partial charge in [0.25, 0.3) is 0 Å². The van der Waals surface area contributed by atoms with E-state index in [9.17, 15) is 4.79 Å². The van der Waals surface area contributed by atoms with Crippen LogP contribution in [0, 0.1) is 11.3 Å². The Hall–Kier alpha value is -2.64. The second kappa shape index (κ2) is 7.22. The van der Waals surface area contributed by atoms with Gasteiger partial charge in [0.2, 0.25) is 5.91 Å². The normalized spacial score (nSPS) is 11.4. The lowest BCUT2D eigenvalue weighted by molar-refractivity contribution is -0.122. The summed E-state index contributed by atoms with van der Waals surface area (Å²) in [6.07, 6.45) is 0.514. The summed E-state index contributed by atoms with van der Waals surface area (Å²) >= 11 is 0. The molecule has 0 spiro atoms. The van der Waals surface area contributed by atoms with Gasteiger partial charge in [-0.05, 0) is 29.7 Å². The van der Waals surface area contributed by atoms with E-state index in [1.165, 1.54) is 0 Å². The SMILES string of the molecule is N#Cc1ccc(CNC(=O)[C@@H](N)Cc2ccccc2)cc1. The molecule has 0 heterocycles. The molecule has 2 aromatic rings. The maximum Gasteiger partial charge on any atom is 0.237 e. The predicted molar refractivity (Wildman–Crippen MR) is 81.1 cm³/mol. The van der Waals surface area contributed by atoms with Crippen molar-refractivity contribution in [3.8, 4) is 6.07 Å². The minimum Gasteiger partial charge on any atom is -0.351 e. The molecule has 2 aromatic carbocycles. The van der Waals surface area contributed by atoms with Crippen LogP contribution in [0.1, 0.15) is 16.7 Å². The monoisotopic (exact) mass is 279 g/mol. The van der Waals surface area contributed by atoms with Gasteiger partial charge in [0.1, 0.15) is 0 Å². The summed E-state index contributed by atoms with van der Waals surface area (Å²) < 4.78 is 0. The number of amides is 1. The van der Waals surface area contributed by atoms with Crippen LogP contribution in [0.4, 0.5) is 0 Å². The molecular weight excluding hydrogens is 262 g/mol. The highest BCUT2D eigenvalue weighted by Gasteiger charge is 2.13. The highest BCUT2D eigenvalue weighted by molar-refractivity contribution is 5.81. The Labute approximate surface area is 124 Å². The molecule has 1 amide bonds. The van der Waals surface area contributed by atoms with E-state index in [2.05, 4.69) is 11.4 Å². The molecule has 0 aliphatic heterocycles. The third-order valence-corrected chi connectivity index (χ3v) is 3.18. The van der Waals surface area contributed by atoms with Gasteiger partial charge in [-0.15, -0.1) is 0 Å².